The molecule has 2 fully saturated rings. The maximum atomic E-state index is 12.7. The SMILES string of the molecule is C[C@@H]1[C@H](C)CCC[C@@H]1NC(=O)[C@H](C)N1C[C@@H](N(C)C)[C@@H](C)C1. The monoisotopic (exact) mass is 309 g/mol. The molecule has 0 radical (unpaired) electrons. The summed E-state index contributed by atoms with van der Waals surface area (Å²) in [5.74, 6) is 2.16. The van der Waals surface area contributed by atoms with Gasteiger partial charge >= 0.3 is 0 Å². The van der Waals surface area contributed by atoms with Crippen LogP contribution in [0.3, 0.4) is 0 Å². The van der Waals surface area contributed by atoms with Gasteiger partial charge in [0, 0.05) is 25.2 Å². The average molecular weight is 309 g/mol. The molecule has 0 aromatic heterocycles. The molecular formula is C18H35N3O. The second kappa shape index (κ2) is 7.31. The first kappa shape index (κ1) is 17.7. The van der Waals surface area contributed by atoms with Gasteiger partial charge in [-0.3, -0.25) is 9.69 Å². The zero-order chi connectivity index (χ0) is 16.4. The van der Waals surface area contributed by atoms with Gasteiger partial charge in [0.15, 0.2) is 0 Å². The van der Waals surface area contributed by atoms with E-state index < -0.39 is 0 Å². The molecule has 0 aromatic rings. The minimum atomic E-state index is -0.0168. The average Bonchev–Trinajstić information content (AvgIpc) is 2.85. The second-order valence-corrected chi connectivity index (χ2v) is 8.02. The number of hydrogen-bond acceptors (Lipinski definition) is 3. The highest BCUT2D eigenvalue weighted by Gasteiger charge is 2.36. The van der Waals surface area contributed by atoms with E-state index in [1.807, 2.05) is 0 Å². The first-order valence-electron chi connectivity index (χ1n) is 9.02. The quantitative estimate of drug-likeness (QED) is 0.865. The summed E-state index contributed by atoms with van der Waals surface area (Å²) in [6, 6.07) is 0.907. The van der Waals surface area contributed by atoms with Gasteiger partial charge in [0.2, 0.25) is 5.91 Å². The second-order valence-electron chi connectivity index (χ2n) is 8.02. The van der Waals surface area contributed by atoms with E-state index in [0.717, 1.165) is 25.4 Å². The Morgan fingerprint density at radius 2 is 1.82 bits per heavy atom. The van der Waals surface area contributed by atoms with Crippen molar-refractivity contribution in [3.05, 3.63) is 0 Å². The zero-order valence-corrected chi connectivity index (χ0v) is 15.3. The van der Waals surface area contributed by atoms with E-state index in [1.54, 1.807) is 0 Å². The van der Waals surface area contributed by atoms with E-state index in [2.05, 4.69) is 56.9 Å². The number of likely N-dealkylation sites (N-methyl/N-ethyl adjacent to an activating group) is 1. The van der Waals surface area contributed by atoms with Crippen LogP contribution in [-0.2, 0) is 4.79 Å². The lowest BCUT2D eigenvalue weighted by molar-refractivity contribution is -0.127. The lowest BCUT2D eigenvalue weighted by Crippen LogP contribution is -2.51. The van der Waals surface area contributed by atoms with Crippen LogP contribution in [0.15, 0.2) is 0 Å². The topological polar surface area (TPSA) is 35.6 Å². The van der Waals surface area contributed by atoms with Crippen LogP contribution in [0.2, 0.25) is 0 Å². The van der Waals surface area contributed by atoms with Crippen molar-refractivity contribution in [1.29, 1.82) is 0 Å². The normalized spacial score (nSPS) is 38.2. The molecule has 1 aliphatic heterocycles. The number of hydrogen-bond donors (Lipinski definition) is 1. The molecule has 4 heteroatoms. The zero-order valence-electron chi connectivity index (χ0n) is 15.3. The first-order valence-corrected chi connectivity index (χ1v) is 9.02. The molecule has 2 rings (SSSR count). The van der Waals surface area contributed by atoms with Crippen LogP contribution in [0, 0.1) is 17.8 Å². The van der Waals surface area contributed by atoms with Crippen molar-refractivity contribution in [3.8, 4) is 0 Å². The lowest BCUT2D eigenvalue weighted by Gasteiger charge is -2.36. The van der Waals surface area contributed by atoms with Crippen molar-refractivity contribution in [2.24, 2.45) is 17.8 Å². The van der Waals surface area contributed by atoms with Crippen LogP contribution in [-0.4, -0.2) is 61.0 Å². The summed E-state index contributed by atoms with van der Waals surface area (Å²) in [7, 11) is 4.28. The van der Waals surface area contributed by atoms with Crippen molar-refractivity contribution in [2.75, 3.05) is 27.2 Å². The van der Waals surface area contributed by atoms with E-state index in [-0.39, 0.29) is 11.9 Å². The number of amides is 1. The Morgan fingerprint density at radius 3 is 2.41 bits per heavy atom. The highest BCUT2D eigenvalue weighted by atomic mass is 16.2. The first-order chi connectivity index (χ1) is 10.3. The molecule has 4 nitrogen and oxygen atoms in total. The summed E-state index contributed by atoms with van der Waals surface area (Å²) in [4.78, 5) is 17.3. The Bertz CT molecular complexity index is 385. The maximum absolute atomic E-state index is 12.7. The largest absolute Gasteiger partial charge is 0.352 e. The van der Waals surface area contributed by atoms with Gasteiger partial charge in [-0.1, -0.05) is 33.6 Å². The Hall–Kier alpha value is -0.610. The maximum Gasteiger partial charge on any atom is 0.237 e. The molecule has 1 saturated carbocycles. The molecule has 0 spiro atoms. The van der Waals surface area contributed by atoms with Gasteiger partial charge in [0.05, 0.1) is 6.04 Å². The van der Waals surface area contributed by atoms with Crippen LogP contribution >= 0.6 is 0 Å². The number of rotatable bonds is 4. The summed E-state index contributed by atoms with van der Waals surface area (Å²) in [5, 5.41) is 3.34. The van der Waals surface area contributed by atoms with Crippen molar-refractivity contribution >= 4 is 5.91 Å². The molecule has 1 heterocycles. The fourth-order valence-corrected chi connectivity index (χ4v) is 4.23. The minimum Gasteiger partial charge on any atom is -0.352 e. The van der Waals surface area contributed by atoms with Crippen LogP contribution in [0.25, 0.3) is 0 Å². The molecule has 1 aliphatic carbocycles. The van der Waals surface area contributed by atoms with Gasteiger partial charge in [-0.25, -0.2) is 0 Å². The molecule has 1 saturated heterocycles. The predicted octanol–water partition coefficient (Wildman–Crippen LogP) is 2.20. The highest BCUT2D eigenvalue weighted by Crippen LogP contribution is 2.30. The Morgan fingerprint density at radius 1 is 1.14 bits per heavy atom. The third kappa shape index (κ3) is 3.83. The number of nitrogens with zero attached hydrogens (tertiary/aromatic N) is 2. The Kier molecular flexibility index (Phi) is 5.89. The van der Waals surface area contributed by atoms with Gasteiger partial charge < -0.3 is 10.2 Å². The smallest absolute Gasteiger partial charge is 0.237 e. The highest BCUT2D eigenvalue weighted by molar-refractivity contribution is 5.81. The molecule has 0 aromatic carbocycles. The molecule has 0 bridgehead atoms. The molecule has 128 valence electrons. The minimum absolute atomic E-state index is 0.0168. The lowest BCUT2D eigenvalue weighted by atomic mass is 9.78. The number of carbonyl (C=O) groups is 1. The molecular weight excluding hydrogens is 274 g/mol. The standard InChI is InChI=1S/C18H35N3O/c1-12-8-7-9-16(14(12)3)19-18(22)15(4)21-10-13(2)17(11-21)20(5)6/h12-17H,7-11H2,1-6H3,(H,19,22)/t12-,13+,14-,15+,16+,17-/m1/s1. The van der Waals surface area contributed by atoms with E-state index in [1.165, 1.54) is 12.8 Å². The van der Waals surface area contributed by atoms with E-state index in [9.17, 15) is 4.79 Å². The van der Waals surface area contributed by atoms with Crippen LogP contribution in [0.4, 0.5) is 0 Å². The molecule has 0 unspecified atom stereocenters. The summed E-state index contributed by atoms with van der Waals surface area (Å²) in [6.45, 7) is 11.0. The fourth-order valence-electron chi connectivity index (χ4n) is 4.23. The number of likely N-dealkylation sites (tertiary alicyclic amines) is 1. The van der Waals surface area contributed by atoms with Gasteiger partial charge in [-0.15, -0.1) is 0 Å². The van der Waals surface area contributed by atoms with Crippen molar-refractivity contribution in [1.82, 2.24) is 15.1 Å². The van der Waals surface area contributed by atoms with Gasteiger partial charge in [-0.2, -0.15) is 0 Å². The van der Waals surface area contributed by atoms with Gasteiger partial charge in [-0.05, 0) is 45.2 Å². The third-order valence-corrected chi connectivity index (χ3v) is 6.23. The van der Waals surface area contributed by atoms with Gasteiger partial charge in [0.25, 0.3) is 0 Å². The van der Waals surface area contributed by atoms with Crippen LogP contribution in [0.1, 0.15) is 47.0 Å². The van der Waals surface area contributed by atoms with Gasteiger partial charge in [0.1, 0.15) is 0 Å². The van der Waals surface area contributed by atoms with E-state index >= 15 is 0 Å². The molecule has 1 N–H and O–H groups in total. The predicted molar refractivity (Wildman–Crippen MR) is 91.8 cm³/mol. The van der Waals surface area contributed by atoms with Crippen molar-refractivity contribution in [3.63, 3.8) is 0 Å². The van der Waals surface area contributed by atoms with Crippen LogP contribution in [0.5, 0.6) is 0 Å². The summed E-state index contributed by atoms with van der Waals surface area (Å²) in [5.41, 5.74) is 0. The Balaban J connectivity index is 1.90. The fraction of sp³-hybridized carbons (Fsp3) is 0.944. The summed E-state index contributed by atoms with van der Waals surface area (Å²) in [6.07, 6.45) is 3.69. The summed E-state index contributed by atoms with van der Waals surface area (Å²) < 4.78 is 0. The molecule has 1 amide bonds. The summed E-state index contributed by atoms with van der Waals surface area (Å²) >= 11 is 0. The number of nitrogens with one attached hydrogen (secondary N) is 1. The third-order valence-electron chi connectivity index (χ3n) is 6.23. The van der Waals surface area contributed by atoms with E-state index in [0.29, 0.717) is 23.9 Å². The van der Waals surface area contributed by atoms with E-state index in [4.69, 9.17) is 0 Å². The van der Waals surface area contributed by atoms with Crippen molar-refractivity contribution in [2.45, 2.75) is 65.1 Å². The molecule has 22 heavy (non-hydrogen) atoms. The molecule has 6 atom stereocenters. The molecule has 2 aliphatic rings. The van der Waals surface area contributed by atoms with Crippen molar-refractivity contribution < 1.29 is 4.79 Å². The number of carbonyl (C=O) groups excluding carboxylic acids is 1. The Labute approximate surface area is 136 Å². The van der Waals surface area contributed by atoms with Crippen LogP contribution < -0.4 is 5.32 Å².